The van der Waals surface area contributed by atoms with Gasteiger partial charge in [0.1, 0.15) is 24.4 Å². The highest BCUT2D eigenvalue weighted by molar-refractivity contribution is 6.28. The second-order valence-electron chi connectivity index (χ2n) is 7.04. The number of aromatic nitrogens is 2. The SMILES string of the molecule is Nc1nc(Cl)nc2c1N=C[N+]2(C1O[C@H](CO)[C@@H](O)[C@@H]1F)[C@@H]1O[C@H](CO)[C@@H](O)[C@H]1O. The number of aliphatic hydroxyl groups excluding tert-OH is 5. The van der Waals surface area contributed by atoms with E-state index in [-0.39, 0.29) is 22.6 Å². The van der Waals surface area contributed by atoms with Crippen LogP contribution in [0.15, 0.2) is 4.99 Å². The lowest BCUT2D eigenvalue weighted by Gasteiger charge is -2.40. The maximum Gasteiger partial charge on any atom is 0.271 e. The number of fused-ring (bicyclic) bond motifs is 1. The first-order valence-electron chi connectivity index (χ1n) is 8.74. The van der Waals surface area contributed by atoms with Crippen LogP contribution in [0, 0.1) is 0 Å². The van der Waals surface area contributed by atoms with Crippen molar-refractivity contribution < 1.29 is 39.4 Å². The Kier molecular flexibility index (Phi) is 5.21. The minimum absolute atomic E-state index is 0.0184. The van der Waals surface area contributed by atoms with E-state index in [1.54, 1.807) is 0 Å². The molecule has 9 atom stereocenters. The van der Waals surface area contributed by atoms with Crippen LogP contribution in [0.3, 0.4) is 0 Å². The number of ether oxygens (including phenoxy) is 2. The molecular weight excluding hydrogens is 417 g/mol. The molecule has 29 heavy (non-hydrogen) atoms. The smallest absolute Gasteiger partial charge is 0.271 e. The zero-order valence-electron chi connectivity index (χ0n) is 14.8. The van der Waals surface area contributed by atoms with Gasteiger partial charge in [0.15, 0.2) is 17.6 Å². The molecule has 0 radical (unpaired) electrons. The molecule has 0 amide bonds. The van der Waals surface area contributed by atoms with E-state index in [0.717, 1.165) is 6.34 Å². The largest absolute Gasteiger partial charge is 0.394 e. The molecule has 160 valence electrons. The van der Waals surface area contributed by atoms with Gasteiger partial charge in [0.2, 0.25) is 30.2 Å². The maximum atomic E-state index is 15.1. The number of halogens is 2. The summed E-state index contributed by atoms with van der Waals surface area (Å²) in [7, 11) is 0. The van der Waals surface area contributed by atoms with Gasteiger partial charge in [-0.3, -0.25) is 0 Å². The molecule has 0 aromatic carbocycles. The normalized spacial score (nSPS) is 43.8. The van der Waals surface area contributed by atoms with E-state index < -0.39 is 66.8 Å². The predicted molar refractivity (Wildman–Crippen MR) is 95.8 cm³/mol. The van der Waals surface area contributed by atoms with Crippen LogP contribution in [0.2, 0.25) is 5.28 Å². The van der Waals surface area contributed by atoms with E-state index in [2.05, 4.69) is 15.0 Å². The molecule has 1 aromatic rings. The Bertz CT molecular complexity index is 804. The molecule has 2 unspecified atom stereocenters. The van der Waals surface area contributed by atoms with Crippen LogP contribution in [-0.4, -0.2) is 104 Å². The standard InChI is InChI=1S/C15H20ClFN5O7/c16-15-20-11(18)7-12(21-15)22(3-19-7,13-6(17)8(25)4(1-23)28-13)14-10(27)9(26)5(2-24)29-14/h3-6,8-10,13-14,23-27H,1-2H2,(H2,18,20,21)/q+1/t4-,5-,6+,8-,9-,10-,13?,14-,22?/m1/s1. The summed E-state index contributed by atoms with van der Waals surface area (Å²) in [4.78, 5) is 12.0. The first-order chi connectivity index (χ1) is 13.8. The lowest BCUT2D eigenvalue weighted by Crippen LogP contribution is -2.67. The van der Waals surface area contributed by atoms with Crippen molar-refractivity contribution in [3.8, 4) is 0 Å². The Hall–Kier alpha value is -1.55. The molecule has 7 N–H and O–H groups in total. The molecule has 0 aliphatic carbocycles. The molecule has 2 saturated heterocycles. The molecular formula is C15H20ClFN5O7+. The van der Waals surface area contributed by atoms with Gasteiger partial charge >= 0.3 is 0 Å². The van der Waals surface area contributed by atoms with Crippen LogP contribution in [-0.2, 0) is 9.47 Å². The minimum atomic E-state index is -2.07. The van der Waals surface area contributed by atoms with E-state index in [9.17, 15) is 25.5 Å². The number of hydrogen-bond donors (Lipinski definition) is 6. The van der Waals surface area contributed by atoms with E-state index in [1.807, 2.05) is 0 Å². The van der Waals surface area contributed by atoms with Gasteiger partial charge in [-0.05, 0) is 11.6 Å². The van der Waals surface area contributed by atoms with Crippen molar-refractivity contribution in [2.75, 3.05) is 18.9 Å². The van der Waals surface area contributed by atoms with Gasteiger partial charge in [-0.2, -0.15) is 19.4 Å². The maximum absolute atomic E-state index is 15.1. The Balaban J connectivity index is 1.89. The quantitative estimate of drug-likeness (QED) is 0.218. The highest BCUT2D eigenvalue weighted by atomic mass is 35.5. The Morgan fingerprint density at radius 3 is 2.24 bits per heavy atom. The molecule has 3 aliphatic heterocycles. The topological polar surface area (TPSA) is 184 Å². The molecule has 4 rings (SSSR count). The monoisotopic (exact) mass is 436 g/mol. The van der Waals surface area contributed by atoms with Crippen molar-refractivity contribution in [2.45, 2.75) is 49.1 Å². The Morgan fingerprint density at radius 1 is 1.03 bits per heavy atom. The summed E-state index contributed by atoms with van der Waals surface area (Å²) in [6.07, 6.45) is -11.3. The molecule has 4 heterocycles. The van der Waals surface area contributed by atoms with Crippen LogP contribution in [0.4, 0.5) is 21.7 Å². The van der Waals surface area contributed by atoms with Gasteiger partial charge in [0.05, 0.1) is 13.2 Å². The van der Waals surface area contributed by atoms with E-state index in [1.165, 1.54) is 0 Å². The third-order valence-electron chi connectivity index (χ3n) is 5.44. The fourth-order valence-electron chi connectivity index (χ4n) is 3.98. The molecule has 3 aliphatic rings. The molecule has 14 heteroatoms. The summed E-state index contributed by atoms with van der Waals surface area (Å²) < 4.78 is 25.4. The van der Waals surface area contributed by atoms with Crippen molar-refractivity contribution in [3.05, 3.63) is 5.28 Å². The van der Waals surface area contributed by atoms with E-state index >= 15 is 4.39 Å². The minimum Gasteiger partial charge on any atom is -0.394 e. The predicted octanol–water partition coefficient (Wildman–Crippen LogP) is -2.45. The molecule has 12 nitrogen and oxygen atoms in total. The summed E-state index contributed by atoms with van der Waals surface area (Å²) in [6.45, 7) is -1.30. The fourth-order valence-corrected chi connectivity index (χ4v) is 4.15. The number of nitrogen functional groups attached to an aromatic ring is 1. The van der Waals surface area contributed by atoms with Crippen LogP contribution < -0.4 is 10.2 Å². The molecule has 0 bridgehead atoms. The van der Waals surface area contributed by atoms with Crippen LogP contribution in [0.25, 0.3) is 0 Å². The summed E-state index contributed by atoms with van der Waals surface area (Å²) in [5.41, 5.74) is 5.86. The van der Waals surface area contributed by atoms with Crippen LogP contribution in [0.5, 0.6) is 0 Å². The second kappa shape index (κ2) is 7.30. The first kappa shape index (κ1) is 20.7. The number of nitrogens with two attached hydrogens (primary N) is 1. The van der Waals surface area contributed by atoms with Crippen molar-refractivity contribution in [3.63, 3.8) is 0 Å². The van der Waals surface area contributed by atoms with E-state index in [4.69, 9.17) is 26.8 Å². The summed E-state index contributed by atoms with van der Waals surface area (Å²) >= 11 is 5.93. The zero-order valence-corrected chi connectivity index (χ0v) is 15.5. The number of aliphatic hydroxyl groups is 5. The highest BCUT2D eigenvalue weighted by Gasteiger charge is 2.66. The number of alkyl halides is 1. The number of aliphatic imine (C=N–C) groups is 1. The van der Waals surface area contributed by atoms with Crippen LogP contribution >= 0.6 is 11.6 Å². The third-order valence-corrected chi connectivity index (χ3v) is 5.61. The van der Waals surface area contributed by atoms with Crippen molar-refractivity contribution in [2.24, 2.45) is 4.99 Å². The van der Waals surface area contributed by atoms with Gasteiger partial charge in [0.25, 0.3) is 5.82 Å². The van der Waals surface area contributed by atoms with Crippen LogP contribution in [0.1, 0.15) is 0 Å². The van der Waals surface area contributed by atoms with Gasteiger partial charge in [-0.1, -0.05) is 0 Å². The molecule has 1 aromatic heterocycles. The summed E-state index contributed by atoms with van der Waals surface area (Å²) in [5, 5.41) is 49.5. The van der Waals surface area contributed by atoms with Gasteiger partial charge in [0, 0.05) is 0 Å². The Morgan fingerprint density at radius 2 is 1.66 bits per heavy atom. The third kappa shape index (κ3) is 2.85. The van der Waals surface area contributed by atoms with Crippen molar-refractivity contribution >= 4 is 35.3 Å². The molecule has 0 spiro atoms. The van der Waals surface area contributed by atoms with Gasteiger partial charge in [-0.25, -0.2) is 4.39 Å². The summed E-state index contributed by atoms with van der Waals surface area (Å²) in [6, 6.07) is 0. The highest BCUT2D eigenvalue weighted by Crippen LogP contribution is 2.49. The average molecular weight is 437 g/mol. The summed E-state index contributed by atoms with van der Waals surface area (Å²) in [5.74, 6) is -0.216. The number of anilines is 1. The van der Waals surface area contributed by atoms with Crippen molar-refractivity contribution in [1.82, 2.24) is 14.5 Å². The fraction of sp³-hybridized carbons (Fsp3) is 0.667. The zero-order chi connectivity index (χ0) is 21.1. The van der Waals surface area contributed by atoms with E-state index in [0.29, 0.717) is 0 Å². The number of hydrogen-bond acceptors (Lipinski definition) is 11. The number of quaternary nitrogens is 1. The molecule has 0 saturated carbocycles. The first-order valence-corrected chi connectivity index (χ1v) is 9.11. The lowest BCUT2D eigenvalue weighted by molar-refractivity contribution is -0.141. The molecule has 2 fully saturated rings. The van der Waals surface area contributed by atoms with Gasteiger partial charge < -0.3 is 40.7 Å². The van der Waals surface area contributed by atoms with Crippen molar-refractivity contribution in [1.29, 1.82) is 0 Å². The lowest BCUT2D eigenvalue weighted by atomic mass is 10.1. The average Bonchev–Trinajstić information content (AvgIpc) is 3.30. The Labute approximate surface area is 168 Å². The second-order valence-corrected chi connectivity index (χ2v) is 7.38. The van der Waals surface area contributed by atoms with Gasteiger partial charge in [-0.15, -0.1) is 0 Å². The number of rotatable bonds is 4. The number of nitrogens with zero attached hydrogens (tertiary/aromatic N) is 4.